The molecule has 0 aliphatic rings. The molecule has 2 aromatic rings. The maximum Gasteiger partial charge on any atom is 0.416 e. The second-order valence-corrected chi connectivity index (χ2v) is 5.36. The topological polar surface area (TPSA) is 24.9 Å². The number of likely N-dealkylation sites (N-methyl/N-ethyl adjacent to an activating group) is 1. The number of rotatable bonds is 5. The Hall–Kier alpha value is -1.40. The van der Waals surface area contributed by atoms with Gasteiger partial charge in [0, 0.05) is 24.8 Å². The fraction of sp³-hybridized carbons (Fsp3) is 0.357. The van der Waals surface area contributed by atoms with Crippen molar-refractivity contribution in [1.29, 1.82) is 0 Å². The highest BCUT2D eigenvalue weighted by molar-refractivity contribution is 7.09. The fourth-order valence-corrected chi connectivity index (χ4v) is 2.76. The lowest BCUT2D eigenvalue weighted by molar-refractivity contribution is -0.138. The van der Waals surface area contributed by atoms with Crippen LogP contribution in [0.1, 0.15) is 21.8 Å². The third kappa shape index (κ3) is 3.80. The van der Waals surface area contributed by atoms with Crippen LogP contribution in [0.15, 0.2) is 29.6 Å². The number of nitrogens with one attached hydrogen (secondary N) is 1. The van der Waals surface area contributed by atoms with E-state index in [2.05, 4.69) is 10.3 Å². The van der Waals surface area contributed by atoms with Crippen LogP contribution in [0.2, 0.25) is 0 Å². The highest BCUT2D eigenvalue weighted by Gasteiger charge is 2.32. The van der Waals surface area contributed by atoms with Crippen molar-refractivity contribution >= 4 is 11.3 Å². The predicted molar refractivity (Wildman–Crippen MR) is 74.0 cm³/mol. The minimum Gasteiger partial charge on any atom is -0.319 e. The average Bonchev–Trinajstić information content (AvgIpc) is 2.83. The van der Waals surface area contributed by atoms with Gasteiger partial charge in [0.1, 0.15) is 0 Å². The van der Waals surface area contributed by atoms with E-state index >= 15 is 0 Å². The van der Waals surface area contributed by atoms with Crippen LogP contribution in [-0.2, 0) is 19.0 Å². The van der Waals surface area contributed by atoms with Crippen LogP contribution in [0, 0.1) is 0 Å². The molecule has 0 saturated carbocycles. The summed E-state index contributed by atoms with van der Waals surface area (Å²) in [6.45, 7) is 0.808. The molecular formula is C14H15F3N2S. The van der Waals surface area contributed by atoms with Gasteiger partial charge in [0.2, 0.25) is 0 Å². The summed E-state index contributed by atoms with van der Waals surface area (Å²) in [4.78, 5) is 4.38. The minimum atomic E-state index is -4.32. The number of halogens is 3. The molecule has 0 unspecified atom stereocenters. The molecule has 0 saturated heterocycles. The molecule has 6 heteroatoms. The van der Waals surface area contributed by atoms with Crippen LogP contribution in [0.3, 0.4) is 0 Å². The smallest absolute Gasteiger partial charge is 0.319 e. The molecule has 1 aromatic heterocycles. The molecule has 0 aliphatic carbocycles. The first-order valence-electron chi connectivity index (χ1n) is 6.23. The second kappa shape index (κ2) is 6.37. The highest BCUT2D eigenvalue weighted by Crippen LogP contribution is 2.33. The minimum absolute atomic E-state index is 0.222. The van der Waals surface area contributed by atoms with Gasteiger partial charge < -0.3 is 5.32 Å². The van der Waals surface area contributed by atoms with Crippen LogP contribution >= 0.6 is 11.3 Å². The fourth-order valence-electron chi connectivity index (χ4n) is 1.91. The molecule has 0 aliphatic heterocycles. The lowest BCUT2D eigenvalue weighted by atomic mass is 10.0. The zero-order valence-electron chi connectivity index (χ0n) is 11.0. The maximum atomic E-state index is 12.9. The number of hydrogen-bond acceptors (Lipinski definition) is 3. The third-order valence-electron chi connectivity index (χ3n) is 2.89. The number of hydrogen-bond donors (Lipinski definition) is 1. The molecule has 0 fully saturated rings. The summed E-state index contributed by atoms with van der Waals surface area (Å²) in [7, 11) is 1.85. The lowest BCUT2D eigenvalue weighted by Crippen LogP contribution is -2.10. The molecule has 0 spiro atoms. The zero-order valence-corrected chi connectivity index (χ0v) is 11.8. The van der Waals surface area contributed by atoms with Gasteiger partial charge in [-0.2, -0.15) is 13.2 Å². The standard InChI is InChI=1S/C14H15F3N2S/c1-18-7-6-11-9-20-13(19-11)8-10-4-2-3-5-12(10)14(15,16)17/h2-5,9,18H,6-8H2,1H3. The highest BCUT2D eigenvalue weighted by atomic mass is 32.1. The van der Waals surface area contributed by atoms with E-state index in [1.54, 1.807) is 6.07 Å². The third-order valence-corrected chi connectivity index (χ3v) is 3.79. The van der Waals surface area contributed by atoms with E-state index in [1.165, 1.54) is 23.5 Å². The second-order valence-electron chi connectivity index (χ2n) is 4.42. The average molecular weight is 300 g/mol. The van der Waals surface area contributed by atoms with Gasteiger partial charge in [-0.3, -0.25) is 0 Å². The molecule has 0 radical (unpaired) electrons. The van der Waals surface area contributed by atoms with Crippen molar-refractivity contribution < 1.29 is 13.2 Å². The monoisotopic (exact) mass is 300 g/mol. The summed E-state index contributed by atoms with van der Waals surface area (Å²) in [5.41, 5.74) is 0.616. The Morgan fingerprint density at radius 3 is 2.70 bits per heavy atom. The first-order chi connectivity index (χ1) is 9.50. The molecule has 0 amide bonds. The molecule has 0 bridgehead atoms. The summed E-state index contributed by atoms with van der Waals surface area (Å²) in [5.74, 6) is 0. The van der Waals surface area contributed by atoms with Crippen molar-refractivity contribution in [2.45, 2.75) is 19.0 Å². The van der Waals surface area contributed by atoms with E-state index in [4.69, 9.17) is 0 Å². The number of thiazole rings is 1. The van der Waals surface area contributed by atoms with E-state index in [0.29, 0.717) is 5.01 Å². The summed E-state index contributed by atoms with van der Waals surface area (Å²) in [6.07, 6.45) is -3.31. The summed E-state index contributed by atoms with van der Waals surface area (Å²) >= 11 is 1.41. The summed E-state index contributed by atoms with van der Waals surface area (Å²) < 4.78 is 38.7. The van der Waals surface area contributed by atoms with Crippen molar-refractivity contribution in [2.24, 2.45) is 0 Å². The van der Waals surface area contributed by atoms with Crippen LogP contribution in [0.5, 0.6) is 0 Å². The molecular weight excluding hydrogens is 285 g/mol. The van der Waals surface area contributed by atoms with Gasteiger partial charge in [0.05, 0.1) is 16.3 Å². The molecule has 20 heavy (non-hydrogen) atoms. The van der Waals surface area contributed by atoms with E-state index in [9.17, 15) is 13.2 Å². The Kier molecular flexibility index (Phi) is 4.77. The van der Waals surface area contributed by atoms with Crippen LogP contribution in [0.4, 0.5) is 13.2 Å². The number of nitrogens with zero attached hydrogens (tertiary/aromatic N) is 1. The Morgan fingerprint density at radius 1 is 1.25 bits per heavy atom. The van der Waals surface area contributed by atoms with Crippen LogP contribution < -0.4 is 5.32 Å². The quantitative estimate of drug-likeness (QED) is 0.914. The normalized spacial score (nSPS) is 11.8. The summed E-state index contributed by atoms with van der Waals surface area (Å²) in [6, 6.07) is 5.66. The Balaban J connectivity index is 2.16. The molecule has 2 nitrogen and oxygen atoms in total. The van der Waals surface area contributed by atoms with E-state index in [-0.39, 0.29) is 12.0 Å². The van der Waals surface area contributed by atoms with Crippen LogP contribution in [0.25, 0.3) is 0 Å². The van der Waals surface area contributed by atoms with Gasteiger partial charge in [-0.1, -0.05) is 18.2 Å². The SMILES string of the molecule is CNCCc1csc(Cc2ccccc2C(F)(F)F)n1. The van der Waals surface area contributed by atoms with Crippen molar-refractivity contribution in [2.75, 3.05) is 13.6 Å². The number of benzene rings is 1. The molecule has 1 N–H and O–H groups in total. The Labute approximate surface area is 119 Å². The number of alkyl halides is 3. The van der Waals surface area contributed by atoms with Gasteiger partial charge in [-0.15, -0.1) is 11.3 Å². The molecule has 0 atom stereocenters. The van der Waals surface area contributed by atoms with E-state index in [0.717, 1.165) is 24.7 Å². The van der Waals surface area contributed by atoms with Gasteiger partial charge >= 0.3 is 6.18 Å². The first kappa shape index (κ1) is 15.0. The molecule has 108 valence electrons. The Morgan fingerprint density at radius 2 is 2.00 bits per heavy atom. The van der Waals surface area contributed by atoms with Gasteiger partial charge in [0.25, 0.3) is 0 Å². The van der Waals surface area contributed by atoms with E-state index in [1.807, 2.05) is 12.4 Å². The largest absolute Gasteiger partial charge is 0.416 e. The zero-order chi connectivity index (χ0) is 14.6. The first-order valence-corrected chi connectivity index (χ1v) is 7.11. The number of aromatic nitrogens is 1. The predicted octanol–water partition coefficient (Wildman–Crippen LogP) is 3.51. The van der Waals surface area contributed by atoms with Crippen molar-refractivity contribution in [1.82, 2.24) is 10.3 Å². The summed E-state index contributed by atoms with van der Waals surface area (Å²) in [5, 5.41) is 5.64. The van der Waals surface area contributed by atoms with Gasteiger partial charge in [0.15, 0.2) is 0 Å². The maximum absolute atomic E-state index is 12.9. The van der Waals surface area contributed by atoms with Crippen LogP contribution in [-0.4, -0.2) is 18.6 Å². The van der Waals surface area contributed by atoms with Gasteiger partial charge in [-0.05, 0) is 18.7 Å². The van der Waals surface area contributed by atoms with Gasteiger partial charge in [-0.25, -0.2) is 4.98 Å². The van der Waals surface area contributed by atoms with E-state index < -0.39 is 11.7 Å². The van der Waals surface area contributed by atoms with Crippen molar-refractivity contribution in [3.8, 4) is 0 Å². The Bertz CT molecular complexity index is 564. The molecule has 1 heterocycles. The molecule has 1 aromatic carbocycles. The lowest BCUT2D eigenvalue weighted by Gasteiger charge is -2.11. The van der Waals surface area contributed by atoms with Crippen molar-refractivity contribution in [3.63, 3.8) is 0 Å². The van der Waals surface area contributed by atoms with Crippen molar-refractivity contribution in [3.05, 3.63) is 51.5 Å². The molecule has 2 rings (SSSR count).